The van der Waals surface area contributed by atoms with E-state index in [0.29, 0.717) is 17.7 Å². The quantitative estimate of drug-likeness (QED) is 0.374. The average Bonchev–Trinajstić information content (AvgIpc) is 2.99. The van der Waals surface area contributed by atoms with Crippen LogP contribution in [0.15, 0.2) is 48.5 Å². The van der Waals surface area contributed by atoms with Crippen LogP contribution in [0.3, 0.4) is 0 Å². The predicted octanol–water partition coefficient (Wildman–Crippen LogP) is 1.38. The molecule has 2 aromatic rings. The van der Waals surface area contributed by atoms with Gasteiger partial charge in [-0.2, -0.15) is 0 Å². The molecule has 8 nitrogen and oxygen atoms in total. The largest absolute Gasteiger partial charge is 0.497 e. The van der Waals surface area contributed by atoms with E-state index in [0.717, 1.165) is 16.2 Å². The molecule has 1 aliphatic rings. The van der Waals surface area contributed by atoms with Gasteiger partial charge in [0.2, 0.25) is 5.91 Å². The van der Waals surface area contributed by atoms with E-state index in [9.17, 15) is 14.4 Å². The Morgan fingerprint density at radius 2 is 1.62 bits per heavy atom. The molecule has 1 aliphatic heterocycles. The highest BCUT2D eigenvalue weighted by atomic mass is 32.1. The number of nitrogens with one attached hydrogen (secondary N) is 3. The summed E-state index contributed by atoms with van der Waals surface area (Å²) in [6.45, 7) is 0.465. The molecule has 0 bridgehead atoms. The highest BCUT2D eigenvalue weighted by Gasteiger charge is 2.34. The number of hydrazine groups is 1. The van der Waals surface area contributed by atoms with Crippen LogP contribution >= 0.6 is 12.2 Å². The summed E-state index contributed by atoms with van der Waals surface area (Å²) in [7, 11) is 1.60. The van der Waals surface area contributed by atoms with Crippen LogP contribution in [0.1, 0.15) is 32.7 Å². The van der Waals surface area contributed by atoms with Crippen LogP contribution in [0.25, 0.3) is 0 Å². The van der Waals surface area contributed by atoms with Gasteiger partial charge in [-0.3, -0.25) is 30.1 Å². The van der Waals surface area contributed by atoms with Crippen molar-refractivity contribution >= 4 is 35.1 Å². The summed E-state index contributed by atoms with van der Waals surface area (Å²) >= 11 is 5.12. The number of rotatable bonds is 6. The topological polar surface area (TPSA) is 99.8 Å². The van der Waals surface area contributed by atoms with E-state index in [4.69, 9.17) is 17.0 Å². The number of methoxy groups -OCH3 is 1. The first kappa shape index (κ1) is 20.3. The lowest BCUT2D eigenvalue weighted by Gasteiger charge is -2.15. The third-order valence-electron chi connectivity index (χ3n) is 4.37. The first-order valence-corrected chi connectivity index (χ1v) is 9.31. The molecule has 2 aromatic carbocycles. The Labute approximate surface area is 173 Å². The van der Waals surface area contributed by atoms with Crippen LogP contribution in [0.4, 0.5) is 0 Å². The Kier molecular flexibility index (Phi) is 6.40. The second kappa shape index (κ2) is 9.16. The molecule has 0 aliphatic carbocycles. The van der Waals surface area contributed by atoms with Gasteiger partial charge < -0.3 is 10.1 Å². The van der Waals surface area contributed by atoms with Crippen molar-refractivity contribution in [3.63, 3.8) is 0 Å². The van der Waals surface area contributed by atoms with Crippen LogP contribution in [0, 0.1) is 0 Å². The number of carbonyl (C=O) groups excluding carboxylic acids is 3. The van der Waals surface area contributed by atoms with Crippen LogP contribution < -0.4 is 20.9 Å². The number of nitrogens with zero attached hydrogens (tertiary/aromatic N) is 1. The van der Waals surface area contributed by atoms with Crippen molar-refractivity contribution in [1.82, 2.24) is 21.1 Å². The maximum Gasteiger partial charge on any atom is 0.261 e. The molecular weight excluding hydrogens is 392 g/mol. The summed E-state index contributed by atoms with van der Waals surface area (Å²) in [6, 6.07) is 14.1. The molecule has 0 spiro atoms. The second-order valence-electron chi connectivity index (χ2n) is 6.26. The predicted molar refractivity (Wildman–Crippen MR) is 110 cm³/mol. The first-order chi connectivity index (χ1) is 14.0. The molecule has 150 valence electrons. The molecule has 0 aromatic heterocycles. The molecule has 9 heteroatoms. The van der Waals surface area contributed by atoms with Crippen LogP contribution in [0.2, 0.25) is 0 Å². The number of thiocarbonyl (C=S) groups is 1. The number of ether oxygens (including phenoxy) is 1. The van der Waals surface area contributed by atoms with Crippen molar-refractivity contribution < 1.29 is 19.1 Å². The SMILES string of the molecule is COc1ccc(CNC(=S)NNC(=O)CCN2C(=O)c3ccccc3C2=O)cc1. The van der Waals surface area contributed by atoms with Gasteiger partial charge in [-0.15, -0.1) is 0 Å². The minimum atomic E-state index is -0.393. The van der Waals surface area contributed by atoms with E-state index in [1.165, 1.54) is 0 Å². The third kappa shape index (κ3) is 4.88. The molecule has 0 radical (unpaired) electrons. The van der Waals surface area contributed by atoms with Gasteiger partial charge in [0.15, 0.2) is 5.11 Å². The second-order valence-corrected chi connectivity index (χ2v) is 6.67. The smallest absolute Gasteiger partial charge is 0.261 e. The Morgan fingerprint density at radius 3 is 2.21 bits per heavy atom. The van der Waals surface area contributed by atoms with Crippen molar-refractivity contribution in [2.45, 2.75) is 13.0 Å². The van der Waals surface area contributed by atoms with Gasteiger partial charge in [0.25, 0.3) is 11.8 Å². The van der Waals surface area contributed by atoms with E-state index in [1.807, 2.05) is 24.3 Å². The summed E-state index contributed by atoms with van der Waals surface area (Å²) < 4.78 is 5.10. The van der Waals surface area contributed by atoms with Gasteiger partial charge in [0.05, 0.1) is 18.2 Å². The van der Waals surface area contributed by atoms with E-state index in [1.54, 1.807) is 31.4 Å². The fourth-order valence-electron chi connectivity index (χ4n) is 2.81. The monoisotopic (exact) mass is 412 g/mol. The molecule has 0 atom stereocenters. The van der Waals surface area contributed by atoms with Crippen molar-refractivity contribution in [2.24, 2.45) is 0 Å². The Balaban J connectivity index is 1.39. The van der Waals surface area contributed by atoms with Crippen molar-refractivity contribution in [3.8, 4) is 5.75 Å². The molecule has 0 saturated carbocycles. The van der Waals surface area contributed by atoms with E-state index in [2.05, 4.69) is 16.2 Å². The zero-order chi connectivity index (χ0) is 20.8. The number of imide groups is 1. The van der Waals surface area contributed by atoms with Crippen molar-refractivity contribution in [2.75, 3.05) is 13.7 Å². The molecule has 3 amide bonds. The normalized spacial score (nSPS) is 12.4. The lowest BCUT2D eigenvalue weighted by atomic mass is 10.1. The van der Waals surface area contributed by atoms with Crippen LogP contribution in [0.5, 0.6) is 5.75 Å². The molecule has 3 N–H and O–H groups in total. The van der Waals surface area contributed by atoms with Gasteiger partial charge >= 0.3 is 0 Å². The lowest BCUT2D eigenvalue weighted by Crippen LogP contribution is -2.47. The summed E-state index contributed by atoms with van der Waals surface area (Å²) in [4.78, 5) is 37.6. The summed E-state index contributed by atoms with van der Waals surface area (Å²) in [5.41, 5.74) is 6.76. The Morgan fingerprint density at radius 1 is 1.00 bits per heavy atom. The Bertz CT molecular complexity index is 911. The zero-order valence-electron chi connectivity index (χ0n) is 15.7. The number of hydrogen-bond donors (Lipinski definition) is 3. The number of carbonyl (C=O) groups is 3. The van der Waals surface area contributed by atoms with Crippen LogP contribution in [-0.2, 0) is 11.3 Å². The summed E-state index contributed by atoms with van der Waals surface area (Å²) in [5.74, 6) is -0.402. The molecule has 0 unspecified atom stereocenters. The number of benzene rings is 2. The van der Waals surface area contributed by atoms with E-state index < -0.39 is 5.91 Å². The molecule has 0 fully saturated rings. The molecule has 3 rings (SSSR count). The van der Waals surface area contributed by atoms with Gasteiger partial charge in [-0.05, 0) is 42.0 Å². The minimum Gasteiger partial charge on any atom is -0.497 e. The fraction of sp³-hybridized carbons (Fsp3) is 0.200. The zero-order valence-corrected chi connectivity index (χ0v) is 16.5. The van der Waals surface area contributed by atoms with Gasteiger partial charge in [-0.25, -0.2) is 0 Å². The highest BCUT2D eigenvalue weighted by Crippen LogP contribution is 2.22. The maximum atomic E-state index is 12.3. The van der Waals surface area contributed by atoms with Crippen molar-refractivity contribution in [3.05, 3.63) is 65.2 Å². The molecular formula is C20H20N4O4S. The standard InChI is InChI=1S/C20H20N4O4S/c1-28-14-8-6-13(7-9-14)12-21-20(29)23-22-17(25)10-11-24-18(26)15-4-2-3-5-16(15)19(24)27/h2-9H,10-12H2,1H3,(H,22,25)(H2,21,23,29). The molecule has 0 saturated heterocycles. The Hall–Kier alpha value is -3.46. The van der Waals surface area contributed by atoms with E-state index >= 15 is 0 Å². The van der Waals surface area contributed by atoms with Crippen LogP contribution in [-0.4, -0.2) is 41.4 Å². The van der Waals surface area contributed by atoms with E-state index in [-0.39, 0.29) is 29.9 Å². The highest BCUT2D eigenvalue weighted by molar-refractivity contribution is 7.80. The molecule has 1 heterocycles. The average molecular weight is 412 g/mol. The summed E-state index contributed by atoms with van der Waals surface area (Å²) in [6.07, 6.45) is -0.0421. The summed E-state index contributed by atoms with van der Waals surface area (Å²) in [5, 5.41) is 3.21. The number of amides is 3. The van der Waals surface area contributed by atoms with Gasteiger partial charge in [-0.1, -0.05) is 24.3 Å². The third-order valence-corrected chi connectivity index (χ3v) is 4.61. The first-order valence-electron chi connectivity index (χ1n) is 8.90. The maximum absolute atomic E-state index is 12.3. The van der Waals surface area contributed by atoms with Crippen molar-refractivity contribution in [1.29, 1.82) is 0 Å². The number of hydrogen-bond acceptors (Lipinski definition) is 5. The minimum absolute atomic E-state index is 0.00804. The fourth-order valence-corrected chi connectivity index (χ4v) is 2.94. The lowest BCUT2D eigenvalue weighted by molar-refractivity contribution is -0.121. The number of fused-ring (bicyclic) bond motifs is 1. The van der Waals surface area contributed by atoms with Gasteiger partial charge in [0, 0.05) is 19.5 Å². The molecule has 29 heavy (non-hydrogen) atoms. The van der Waals surface area contributed by atoms with Gasteiger partial charge in [0.1, 0.15) is 5.75 Å².